The van der Waals surface area contributed by atoms with Crippen molar-refractivity contribution in [3.05, 3.63) is 29.5 Å². The number of anilines is 2. The lowest BCUT2D eigenvalue weighted by Gasteiger charge is -2.16. The maximum absolute atomic E-state index is 12.3. The summed E-state index contributed by atoms with van der Waals surface area (Å²) in [6.45, 7) is 3.57. The summed E-state index contributed by atoms with van der Waals surface area (Å²) in [6.07, 6.45) is 1.92. The van der Waals surface area contributed by atoms with Crippen LogP contribution in [0.15, 0.2) is 18.3 Å². The molecule has 0 bridgehead atoms. The molecular weight excluding hydrogens is 472 g/mol. The van der Waals surface area contributed by atoms with Crippen LogP contribution in [0.3, 0.4) is 0 Å². The first kappa shape index (κ1) is 26.2. The third kappa shape index (κ3) is 6.15. The molecule has 0 aliphatic rings. The van der Waals surface area contributed by atoms with E-state index in [0.717, 1.165) is 5.56 Å². The summed E-state index contributed by atoms with van der Waals surface area (Å²) in [5, 5.41) is 0. The molecule has 0 saturated carbocycles. The Morgan fingerprint density at radius 1 is 0.917 bits per heavy atom. The van der Waals surface area contributed by atoms with Crippen LogP contribution in [-0.2, 0) is 11.2 Å². The van der Waals surface area contributed by atoms with E-state index in [2.05, 4.69) is 24.9 Å². The van der Waals surface area contributed by atoms with Crippen molar-refractivity contribution in [2.45, 2.75) is 26.3 Å². The van der Waals surface area contributed by atoms with Crippen molar-refractivity contribution >= 4 is 17.7 Å². The average molecular weight is 501 g/mol. The van der Waals surface area contributed by atoms with Crippen molar-refractivity contribution in [1.29, 1.82) is 0 Å². The Kier molecular flexibility index (Phi) is 8.22. The second-order valence-electron chi connectivity index (χ2n) is 7.83. The lowest BCUT2D eigenvalue weighted by molar-refractivity contribution is -0.137. The number of nitrogens with two attached hydrogens (primary N) is 3. The minimum atomic E-state index is -0.870. The third-order valence-electron chi connectivity index (χ3n) is 4.96. The van der Waals surface area contributed by atoms with Crippen LogP contribution in [0, 0.1) is 5.92 Å². The molecule has 0 fully saturated rings. The zero-order chi connectivity index (χ0) is 26.4. The van der Waals surface area contributed by atoms with E-state index in [1.165, 1.54) is 21.3 Å². The van der Waals surface area contributed by atoms with Crippen molar-refractivity contribution in [3.63, 3.8) is 0 Å². The Morgan fingerprint density at radius 2 is 1.53 bits per heavy atom. The summed E-state index contributed by atoms with van der Waals surface area (Å²) in [6, 6.07) is 1.85. The topological polar surface area (TPSA) is 206 Å². The van der Waals surface area contributed by atoms with Crippen LogP contribution < -0.4 is 40.9 Å². The molecule has 2 aromatic heterocycles. The number of methoxy groups -OCH3 is 3. The Labute approximate surface area is 207 Å². The first-order valence-electron chi connectivity index (χ1n) is 10.7. The van der Waals surface area contributed by atoms with E-state index < -0.39 is 12.0 Å². The van der Waals surface area contributed by atoms with Crippen molar-refractivity contribution in [1.82, 2.24) is 24.9 Å². The molecule has 0 amide bonds. The number of nitrogen functional groups attached to an aromatic ring is 2. The highest BCUT2D eigenvalue weighted by molar-refractivity contribution is 5.77. The van der Waals surface area contributed by atoms with Crippen molar-refractivity contribution in [3.8, 4) is 35.3 Å². The molecule has 2 heterocycles. The quantitative estimate of drug-likeness (QED) is 0.334. The summed E-state index contributed by atoms with van der Waals surface area (Å²) in [7, 11) is 4.26. The Bertz CT molecular complexity index is 1210. The molecule has 3 rings (SSSR count). The summed E-state index contributed by atoms with van der Waals surface area (Å²) >= 11 is 0. The van der Waals surface area contributed by atoms with Gasteiger partial charge in [-0.2, -0.15) is 4.98 Å². The monoisotopic (exact) mass is 500 g/mol. The summed E-state index contributed by atoms with van der Waals surface area (Å²) in [5.74, 6) is 0.248. The molecule has 1 unspecified atom stereocenters. The lowest BCUT2D eigenvalue weighted by Crippen LogP contribution is -2.39. The average Bonchev–Trinajstić information content (AvgIpc) is 2.85. The van der Waals surface area contributed by atoms with Gasteiger partial charge in [-0.3, -0.25) is 0 Å². The summed E-state index contributed by atoms with van der Waals surface area (Å²) in [5.41, 5.74) is 18.8. The van der Waals surface area contributed by atoms with Gasteiger partial charge in [0, 0.05) is 18.2 Å². The number of rotatable bonds is 10. The van der Waals surface area contributed by atoms with Gasteiger partial charge in [-0.05, 0) is 23.6 Å². The zero-order valence-corrected chi connectivity index (χ0v) is 20.5. The molecule has 36 heavy (non-hydrogen) atoms. The van der Waals surface area contributed by atoms with Crippen LogP contribution in [0.25, 0.3) is 0 Å². The number of nitrogens with zero attached hydrogens (tertiary/aromatic N) is 5. The number of hydrogen-bond acceptors (Lipinski definition) is 14. The molecule has 1 atom stereocenters. The number of aromatic nitrogens is 5. The van der Waals surface area contributed by atoms with Gasteiger partial charge in [-0.15, -0.1) is 15.0 Å². The predicted molar refractivity (Wildman–Crippen MR) is 128 cm³/mol. The van der Waals surface area contributed by atoms with Crippen molar-refractivity contribution in [2.24, 2.45) is 11.7 Å². The fraction of sp³-hybridized carbons (Fsp3) is 0.364. The molecule has 0 radical (unpaired) electrons. The lowest BCUT2D eigenvalue weighted by atomic mass is 10.1. The molecule has 6 N–H and O–H groups in total. The number of esters is 1. The minimum absolute atomic E-state index is 0.0826. The summed E-state index contributed by atoms with van der Waals surface area (Å²) < 4.78 is 27.1. The molecule has 192 valence electrons. The first-order chi connectivity index (χ1) is 17.1. The van der Waals surface area contributed by atoms with E-state index >= 15 is 0 Å². The number of carbonyl (C=O) groups excluding carboxylic acids is 1. The highest BCUT2D eigenvalue weighted by atomic mass is 16.6. The Morgan fingerprint density at radius 3 is 2.08 bits per heavy atom. The summed E-state index contributed by atoms with van der Waals surface area (Å²) in [4.78, 5) is 32.2. The van der Waals surface area contributed by atoms with E-state index in [1.54, 1.807) is 32.2 Å². The Balaban J connectivity index is 1.93. The number of carbonyl (C=O) groups is 1. The van der Waals surface area contributed by atoms with Crippen LogP contribution in [-0.4, -0.2) is 58.3 Å². The van der Waals surface area contributed by atoms with E-state index in [0.29, 0.717) is 23.5 Å². The molecule has 0 saturated heterocycles. The first-order valence-corrected chi connectivity index (χ1v) is 10.7. The van der Waals surface area contributed by atoms with E-state index in [4.69, 9.17) is 40.9 Å². The van der Waals surface area contributed by atoms with Gasteiger partial charge < -0.3 is 40.9 Å². The Hall–Kier alpha value is -4.46. The van der Waals surface area contributed by atoms with Gasteiger partial charge in [0.1, 0.15) is 11.9 Å². The fourth-order valence-corrected chi connectivity index (χ4v) is 2.95. The van der Waals surface area contributed by atoms with Gasteiger partial charge in [0.15, 0.2) is 11.5 Å². The van der Waals surface area contributed by atoms with Crippen LogP contribution >= 0.6 is 0 Å². The van der Waals surface area contributed by atoms with Crippen molar-refractivity contribution in [2.75, 3.05) is 32.8 Å². The number of ether oxygens (including phenoxy) is 5. The van der Waals surface area contributed by atoms with Gasteiger partial charge in [0.2, 0.25) is 11.7 Å². The SMILES string of the molecule is COc1nc(OC(=O)C(N)C(C)C)nc(Oc2c(OC)cc(Cc3cnc(N)nc3N)cc2OC)n1. The maximum atomic E-state index is 12.3. The van der Waals surface area contributed by atoms with Crippen LogP contribution in [0.2, 0.25) is 0 Å². The molecule has 1 aromatic carbocycles. The zero-order valence-electron chi connectivity index (χ0n) is 20.5. The van der Waals surface area contributed by atoms with Gasteiger partial charge in [0.05, 0.1) is 21.3 Å². The normalized spacial score (nSPS) is 11.6. The molecule has 0 spiro atoms. The van der Waals surface area contributed by atoms with Crippen LogP contribution in [0.4, 0.5) is 11.8 Å². The number of benzene rings is 1. The van der Waals surface area contributed by atoms with Crippen LogP contribution in [0.1, 0.15) is 25.0 Å². The maximum Gasteiger partial charge on any atom is 0.333 e. The molecule has 0 aliphatic heterocycles. The predicted octanol–water partition coefficient (Wildman–Crippen LogP) is 1.12. The highest BCUT2D eigenvalue weighted by Crippen LogP contribution is 2.41. The van der Waals surface area contributed by atoms with E-state index in [1.807, 2.05) is 0 Å². The standard InChI is InChI=1S/C22H28N8O6/c1-10(2)15(23)18(31)36-22-29-20(34-5)28-21(30-22)35-16-13(32-3)7-11(8-14(16)33-4)6-12-9-26-19(25)27-17(12)24/h7-10,15H,6,23H2,1-5H3,(H4,24,25,26,27). The molecule has 0 aliphatic carbocycles. The largest absolute Gasteiger partial charge is 0.493 e. The molecule has 14 heteroatoms. The van der Waals surface area contributed by atoms with Gasteiger partial charge in [0.25, 0.3) is 0 Å². The van der Waals surface area contributed by atoms with Gasteiger partial charge >= 0.3 is 24.0 Å². The van der Waals surface area contributed by atoms with Gasteiger partial charge in [-0.25, -0.2) is 9.78 Å². The smallest absolute Gasteiger partial charge is 0.333 e. The fourth-order valence-electron chi connectivity index (χ4n) is 2.95. The highest BCUT2D eigenvalue weighted by Gasteiger charge is 2.23. The van der Waals surface area contributed by atoms with Crippen LogP contribution in [0.5, 0.6) is 35.3 Å². The number of hydrogen-bond donors (Lipinski definition) is 3. The van der Waals surface area contributed by atoms with Gasteiger partial charge in [-0.1, -0.05) is 13.8 Å². The van der Waals surface area contributed by atoms with E-state index in [9.17, 15) is 4.79 Å². The van der Waals surface area contributed by atoms with E-state index in [-0.39, 0.29) is 41.5 Å². The minimum Gasteiger partial charge on any atom is -0.493 e. The molecule has 14 nitrogen and oxygen atoms in total. The van der Waals surface area contributed by atoms with Crippen molar-refractivity contribution < 1.29 is 28.5 Å². The second kappa shape index (κ2) is 11.3. The molecule has 3 aromatic rings. The molecular formula is C22H28N8O6. The third-order valence-corrected chi connectivity index (χ3v) is 4.96. The second-order valence-corrected chi connectivity index (χ2v) is 7.83.